The number of carbonyl (C=O) groups excluding carboxylic acids is 1. The van der Waals surface area contributed by atoms with Crippen LogP contribution in [0.15, 0.2) is 29.6 Å². The van der Waals surface area contributed by atoms with E-state index in [1.807, 2.05) is 50.4 Å². The van der Waals surface area contributed by atoms with Crippen molar-refractivity contribution in [3.63, 3.8) is 0 Å². The first-order valence-corrected chi connectivity index (χ1v) is 7.78. The number of nitrogens with two attached hydrogens (primary N) is 1. The molecule has 0 spiro atoms. The lowest BCUT2D eigenvalue weighted by molar-refractivity contribution is 0.00721. The van der Waals surface area contributed by atoms with Crippen molar-refractivity contribution in [2.24, 2.45) is 0 Å². The topological polar surface area (TPSA) is 81.0 Å². The second-order valence-electron chi connectivity index (χ2n) is 5.99. The monoisotopic (exact) mass is 315 g/mol. The average molecular weight is 315 g/mol. The molecule has 0 aliphatic heterocycles. The first-order valence-electron chi connectivity index (χ1n) is 6.90. The molecule has 6 heteroatoms. The summed E-state index contributed by atoms with van der Waals surface area (Å²) in [5, 5.41) is 2.26. The number of para-hydroxylation sites is 2. The minimum atomic E-state index is -0.573. The van der Waals surface area contributed by atoms with Gasteiger partial charge < -0.3 is 15.5 Å². The van der Waals surface area contributed by atoms with Crippen molar-refractivity contribution < 1.29 is 9.53 Å². The molecule has 0 bridgehead atoms. The van der Waals surface area contributed by atoms with E-state index in [-0.39, 0.29) is 0 Å². The molecule has 22 heavy (non-hydrogen) atoms. The van der Waals surface area contributed by atoms with Crippen molar-refractivity contribution in [2.75, 3.05) is 5.73 Å². The van der Waals surface area contributed by atoms with Gasteiger partial charge in [0, 0.05) is 10.9 Å². The number of anilines is 1. The molecule has 0 amide bonds. The number of benzene rings is 1. The van der Waals surface area contributed by atoms with Gasteiger partial charge in [0.2, 0.25) is 0 Å². The van der Waals surface area contributed by atoms with Gasteiger partial charge in [0.25, 0.3) is 0 Å². The summed E-state index contributed by atoms with van der Waals surface area (Å²) in [5.74, 6) is 0.191. The van der Waals surface area contributed by atoms with Gasteiger partial charge in [-0.25, -0.2) is 9.78 Å². The fourth-order valence-corrected chi connectivity index (χ4v) is 2.95. The summed E-state index contributed by atoms with van der Waals surface area (Å²) in [6.07, 6.45) is 0. The van der Waals surface area contributed by atoms with Gasteiger partial charge in [-0.1, -0.05) is 12.1 Å². The van der Waals surface area contributed by atoms with E-state index in [0.29, 0.717) is 22.0 Å². The number of nitrogens with zero attached hydrogens (tertiary/aromatic N) is 1. The minimum absolute atomic E-state index is 0.374. The molecule has 2 heterocycles. The number of rotatable bonds is 2. The molecule has 1 aromatic carbocycles. The molecule has 114 valence electrons. The zero-order chi connectivity index (χ0) is 15.9. The standard InChI is InChI=1S/C16H17N3O2S/c1-16(2,3)21-15(20)12-9(8-22-13(12)17)14-18-10-6-4-5-7-11(10)19-14/h4-8H,17H2,1-3H3,(H,18,19). The molecule has 3 rings (SSSR count). The van der Waals surface area contributed by atoms with Crippen LogP contribution in [0, 0.1) is 0 Å². The Morgan fingerprint density at radius 3 is 2.73 bits per heavy atom. The summed E-state index contributed by atoms with van der Waals surface area (Å²) in [4.78, 5) is 20.2. The van der Waals surface area contributed by atoms with E-state index < -0.39 is 11.6 Å². The van der Waals surface area contributed by atoms with Crippen LogP contribution < -0.4 is 5.73 Å². The minimum Gasteiger partial charge on any atom is -0.456 e. The molecule has 0 saturated carbocycles. The summed E-state index contributed by atoms with van der Waals surface area (Å²) in [6, 6.07) is 7.71. The van der Waals surface area contributed by atoms with Crippen LogP contribution in [0.1, 0.15) is 31.1 Å². The highest BCUT2D eigenvalue weighted by atomic mass is 32.1. The third kappa shape index (κ3) is 2.69. The predicted molar refractivity (Wildman–Crippen MR) is 89.0 cm³/mol. The molecular formula is C16H17N3O2S. The van der Waals surface area contributed by atoms with Gasteiger partial charge in [-0.3, -0.25) is 0 Å². The number of ether oxygens (including phenoxy) is 1. The largest absolute Gasteiger partial charge is 0.456 e. The number of hydrogen-bond acceptors (Lipinski definition) is 5. The Balaban J connectivity index is 2.07. The maximum atomic E-state index is 12.4. The van der Waals surface area contributed by atoms with E-state index in [1.165, 1.54) is 11.3 Å². The molecule has 0 fully saturated rings. The zero-order valence-electron chi connectivity index (χ0n) is 12.6. The van der Waals surface area contributed by atoms with Crippen LogP contribution in [0.4, 0.5) is 5.00 Å². The summed E-state index contributed by atoms with van der Waals surface area (Å²) in [6.45, 7) is 5.48. The molecule has 0 aliphatic rings. The summed E-state index contributed by atoms with van der Waals surface area (Å²) >= 11 is 1.31. The maximum Gasteiger partial charge on any atom is 0.342 e. The molecule has 0 atom stereocenters. The number of aromatic nitrogens is 2. The fraction of sp³-hybridized carbons (Fsp3) is 0.250. The van der Waals surface area contributed by atoms with Gasteiger partial charge >= 0.3 is 5.97 Å². The van der Waals surface area contributed by atoms with Crippen molar-refractivity contribution in [1.82, 2.24) is 9.97 Å². The lowest BCUT2D eigenvalue weighted by Crippen LogP contribution is -2.24. The smallest absolute Gasteiger partial charge is 0.342 e. The highest BCUT2D eigenvalue weighted by molar-refractivity contribution is 7.14. The number of hydrogen-bond donors (Lipinski definition) is 2. The maximum absolute atomic E-state index is 12.4. The van der Waals surface area contributed by atoms with Crippen LogP contribution in [-0.4, -0.2) is 21.5 Å². The van der Waals surface area contributed by atoms with E-state index in [1.54, 1.807) is 0 Å². The third-order valence-electron chi connectivity index (χ3n) is 3.07. The van der Waals surface area contributed by atoms with E-state index in [2.05, 4.69) is 9.97 Å². The molecule has 3 N–H and O–H groups in total. The van der Waals surface area contributed by atoms with Crippen LogP contribution in [0.3, 0.4) is 0 Å². The van der Waals surface area contributed by atoms with Crippen molar-refractivity contribution in [1.29, 1.82) is 0 Å². The Bertz CT molecular complexity index is 810. The van der Waals surface area contributed by atoms with E-state index in [4.69, 9.17) is 10.5 Å². The van der Waals surface area contributed by atoms with Gasteiger partial charge in [-0.2, -0.15) is 0 Å². The lowest BCUT2D eigenvalue weighted by atomic mass is 10.1. The number of esters is 1. The van der Waals surface area contributed by atoms with E-state index in [9.17, 15) is 4.79 Å². The predicted octanol–water partition coefficient (Wildman–Crippen LogP) is 3.83. The van der Waals surface area contributed by atoms with Crippen LogP contribution in [-0.2, 0) is 4.74 Å². The molecule has 0 aliphatic carbocycles. The number of aromatic amines is 1. The first-order chi connectivity index (χ1) is 10.3. The van der Waals surface area contributed by atoms with Crippen molar-refractivity contribution in [3.05, 3.63) is 35.2 Å². The second kappa shape index (κ2) is 5.14. The first kappa shape index (κ1) is 14.6. The molecule has 0 radical (unpaired) electrons. The highest BCUT2D eigenvalue weighted by Crippen LogP contribution is 2.34. The number of nitrogens with one attached hydrogen (secondary N) is 1. The highest BCUT2D eigenvalue weighted by Gasteiger charge is 2.25. The average Bonchev–Trinajstić information content (AvgIpc) is 2.99. The number of fused-ring (bicyclic) bond motifs is 1. The summed E-state index contributed by atoms with van der Waals surface area (Å²) in [7, 11) is 0. The molecule has 0 saturated heterocycles. The number of thiophene rings is 1. The quantitative estimate of drug-likeness (QED) is 0.704. The van der Waals surface area contributed by atoms with Crippen molar-refractivity contribution in [2.45, 2.75) is 26.4 Å². The van der Waals surface area contributed by atoms with Gasteiger partial charge in [-0.05, 0) is 32.9 Å². The van der Waals surface area contributed by atoms with E-state index >= 15 is 0 Å². The number of nitrogen functional groups attached to an aromatic ring is 1. The Labute approximate surface area is 132 Å². The number of H-pyrrole nitrogens is 1. The van der Waals surface area contributed by atoms with E-state index in [0.717, 1.165) is 11.0 Å². The van der Waals surface area contributed by atoms with Crippen LogP contribution in [0.2, 0.25) is 0 Å². The summed E-state index contributed by atoms with van der Waals surface area (Å²) in [5.41, 5.74) is 8.20. The van der Waals surface area contributed by atoms with Gasteiger partial charge in [0.15, 0.2) is 0 Å². The van der Waals surface area contributed by atoms with Crippen LogP contribution in [0.5, 0.6) is 0 Å². The van der Waals surface area contributed by atoms with Crippen LogP contribution in [0.25, 0.3) is 22.4 Å². The lowest BCUT2D eigenvalue weighted by Gasteiger charge is -2.19. The van der Waals surface area contributed by atoms with Crippen LogP contribution >= 0.6 is 11.3 Å². The number of imidazole rings is 1. The molecule has 2 aromatic heterocycles. The van der Waals surface area contributed by atoms with Crippen molar-refractivity contribution >= 4 is 33.3 Å². The molecule has 5 nitrogen and oxygen atoms in total. The Morgan fingerprint density at radius 1 is 1.32 bits per heavy atom. The second-order valence-corrected chi connectivity index (χ2v) is 6.90. The molecular weight excluding hydrogens is 298 g/mol. The third-order valence-corrected chi connectivity index (χ3v) is 3.88. The van der Waals surface area contributed by atoms with Crippen molar-refractivity contribution in [3.8, 4) is 11.4 Å². The van der Waals surface area contributed by atoms with Gasteiger partial charge in [-0.15, -0.1) is 11.3 Å². The Kier molecular flexibility index (Phi) is 3.41. The molecule has 3 aromatic rings. The van der Waals surface area contributed by atoms with Gasteiger partial charge in [0.1, 0.15) is 22.0 Å². The van der Waals surface area contributed by atoms with Gasteiger partial charge in [0.05, 0.1) is 11.0 Å². The summed E-state index contributed by atoms with van der Waals surface area (Å²) < 4.78 is 5.45. The number of carbonyl (C=O) groups is 1. The molecule has 0 unspecified atom stereocenters. The normalized spacial score (nSPS) is 11.8. The Morgan fingerprint density at radius 2 is 2.05 bits per heavy atom. The SMILES string of the molecule is CC(C)(C)OC(=O)c1c(-c2nc3ccccc3[nH]2)csc1N. The zero-order valence-corrected chi connectivity index (χ0v) is 13.5. The fourth-order valence-electron chi connectivity index (χ4n) is 2.17. The Hall–Kier alpha value is -2.34.